The number of ether oxygens (including phenoxy) is 1. The summed E-state index contributed by atoms with van der Waals surface area (Å²) in [4.78, 5) is 35.1. The van der Waals surface area contributed by atoms with Gasteiger partial charge in [-0.15, -0.1) is 10.2 Å². The third-order valence-electron chi connectivity index (χ3n) is 7.73. The van der Waals surface area contributed by atoms with Gasteiger partial charge < -0.3 is 25.6 Å². The Labute approximate surface area is 294 Å². The van der Waals surface area contributed by atoms with Gasteiger partial charge in [0.05, 0.1) is 36.4 Å². The third-order valence-corrected chi connectivity index (χ3v) is 7.73. The van der Waals surface area contributed by atoms with E-state index >= 15 is 0 Å². The maximum Gasteiger partial charge on any atom is 0.273 e. The highest BCUT2D eigenvalue weighted by molar-refractivity contribution is 6.00. The molecule has 0 bridgehead atoms. The minimum Gasteiger partial charge on any atom is -0.494 e. The molecular weight excluding hydrogens is 635 g/mol. The molecule has 0 spiro atoms. The highest BCUT2D eigenvalue weighted by Crippen LogP contribution is 2.41. The third kappa shape index (κ3) is 10.6. The smallest absolute Gasteiger partial charge is 0.273 e. The molecule has 2 amide bonds. The standard InChI is InChI=1S/C24H25FN6O3.C12H18N2.C2H6/c1-12-5-8-17(22(34-4)20(12)15-9-16(25)13(2)27-11-15)28-18-10-19(29-23(32)14-6-7-14)30-31-21(18)24(33)26-3;1-4-6-11-7-8-13-12(9-11)10-14(3)5-2;1-2/h5,8-11,14H,6-7H2,1-4H3,(H,26,33)(H2,28,29,30,32);5,7-9H,2,4,6,10H2,1,3H3;1-2H3. The average molecular weight is 685 g/mol. The molecule has 3 heterocycles. The Hall–Kier alpha value is -5.39. The molecule has 12 heteroatoms. The van der Waals surface area contributed by atoms with Crippen molar-refractivity contribution in [3.05, 3.63) is 95.6 Å². The van der Waals surface area contributed by atoms with Crippen molar-refractivity contribution in [2.75, 3.05) is 31.8 Å². The number of anilines is 3. The maximum absolute atomic E-state index is 14.3. The molecule has 3 N–H and O–H groups in total. The average Bonchev–Trinajstić information content (AvgIpc) is 3.98. The van der Waals surface area contributed by atoms with Gasteiger partial charge in [-0.25, -0.2) is 4.39 Å². The monoisotopic (exact) mass is 684 g/mol. The molecule has 1 saturated carbocycles. The first-order valence-electron chi connectivity index (χ1n) is 16.8. The van der Waals surface area contributed by atoms with E-state index < -0.39 is 11.7 Å². The summed E-state index contributed by atoms with van der Waals surface area (Å²) in [6, 6.07) is 10.8. The van der Waals surface area contributed by atoms with E-state index in [-0.39, 0.29) is 23.3 Å². The summed E-state index contributed by atoms with van der Waals surface area (Å²) < 4.78 is 20.0. The van der Waals surface area contributed by atoms with E-state index in [1.54, 1.807) is 25.3 Å². The molecule has 1 aromatic carbocycles. The van der Waals surface area contributed by atoms with Crippen LogP contribution in [0.15, 0.2) is 61.6 Å². The van der Waals surface area contributed by atoms with E-state index in [1.807, 2.05) is 51.2 Å². The number of rotatable bonds is 12. The molecule has 0 unspecified atom stereocenters. The van der Waals surface area contributed by atoms with E-state index in [1.165, 1.54) is 32.2 Å². The number of nitrogens with zero attached hydrogens (tertiary/aromatic N) is 5. The first kappa shape index (κ1) is 39.1. The SMILES string of the molecule is C=CN(C)Cc1cc(CCC)ccn1.CC.CNC(=O)c1nnc(NC(=O)C2CC2)cc1Nc1ccc(C)c(-c2cnc(C)c(F)c2)c1OC. The van der Waals surface area contributed by atoms with Crippen LogP contribution in [0.3, 0.4) is 0 Å². The summed E-state index contributed by atoms with van der Waals surface area (Å²) in [6.07, 6.45) is 9.29. The Kier molecular flexibility index (Phi) is 14.8. The minimum atomic E-state index is -0.453. The van der Waals surface area contributed by atoms with E-state index in [9.17, 15) is 14.0 Å². The van der Waals surface area contributed by atoms with E-state index in [0.717, 1.165) is 37.1 Å². The molecule has 5 rings (SSSR count). The molecule has 0 saturated heterocycles. The molecule has 50 heavy (non-hydrogen) atoms. The van der Waals surface area contributed by atoms with E-state index in [0.29, 0.717) is 33.9 Å². The van der Waals surface area contributed by atoms with Crippen LogP contribution in [0.1, 0.15) is 73.0 Å². The largest absolute Gasteiger partial charge is 0.494 e. The number of hydrogen-bond acceptors (Lipinski definition) is 9. The van der Waals surface area contributed by atoms with Crippen LogP contribution in [-0.2, 0) is 17.8 Å². The van der Waals surface area contributed by atoms with Crippen LogP contribution < -0.4 is 20.7 Å². The van der Waals surface area contributed by atoms with Gasteiger partial charge in [-0.05, 0) is 74.7 Å². The Morgan fingerprint density at radius 2 is 1.82 bits per heavy atom. The summed E-state index contributed by atoms with van der Waals surface area (Å²) in [5.74, 6) is -0.353. The minimum absolute atomic E-state index is 0.0138. The molecule has 1 fully saturated rings. The Balaban J connectivity index is 0.000000354. The number of hydrogen-bond donors (Lipinski definition) is 3. The van der Waals surface area contributed by atoms with Crippen LogP contribution in [0, 0.1) is 25.6 Å². The topological polar surface area (TPSA) is 134 Å². The summed E-state index contributed by atoms with van der Waals surface area (Å²) >= 11 is 0. The van der Waals surface area contributed by atoms with Gasteiger partial charge >= 0.3 is 0 Å². The van der Waals surface area contributed by atoms with Crippen molar-refractivity contribution >= 4 is 29.0 Å². The second-order valence-corrected chi connectivity index (χ2v) is 11.6. The van der Waals surface area contributed by atoms with Crippen molar-refractivity contribution in [1.29, 1.82) is 0 Å². The van der Waals surface area contributed by atoms with Crippen molar-refractivity contribution < 1.29 is 18.7 Å². The molecular formula is C38H49FN8O3. The number of carbonyl (C=O) groups excluding carboxylic acids is 2. The first-order valence-corrected chi connectivity index (χ1v) is 16.8. The number of halogens is 1. The molecule has 0 radical (unpaired) electrons. The van der Waals surface area contributed by atoms with Gasteiger partial charge in [0, 0.05) is 49.6 Å². The normalized spacial score (nSPS) is 11.5. The van der Waals surface area contributed by atoms with Crippen molar-refractivity contribution in [2.24, 2.45) is 5.92 Å². The van der Waals surface area contributed by atoms with Crippen LogP contribution in [0.5, 0.6) is 5.75 Å². The lowest BCUT2D eigenvalue weighted by molar-refractivity contribution is -0.117. The zero-order valence-corrected chi connectivity index (χ0v) is 30.4. The number of carbonyl (C=O) groups is 2. The summed E-state index contributed by atoms with van der Waals surface area (Å²) in [7, 11) is 4.99. The van der Waals surface area contributed by atoms with Crippen LogP contribution >= 0.6 is 0 Å². The summed E-state index contributed by atoms with van der Waals surface area (Å²) in [5.41, 5.74) is 5.72. The fourth-order valence-corrected chi connectivity index (χ4v) is 4.93. The van der Waals surface area contributed by atoms with E-state index in [4.69, 9.17) is 4.74 Å². The van der Waals surface area contributed by atoms with Gasteiger partial charge in [0.25, 0.3) is 5.91 Å². The zero-order valence-electron chi connectivity index (χ0n) is 30.4. The predicted molar refractivity (Wildman–Crippen MR) is 197 cm³/mol. The Morgan fingerprint density at radius 1 is 1.08 bits per heavy atom. The van der Waals surface area contributed by atoms with Gasteiger partial charge in [-0.2, -0.15) is 0 Å². The molecule has 4 aromatic rings. The first-order chi connectivity index (χ1) is 24.1. The zero-order chi connectivity index (χ0) is 36.8. The molecule has 3 aromatic heterocycles. The van der Waals surface area contributed by atoms with Gasteiger partial charge in [0.15, 0.2) is 11.5 Å². The molecule has 266 valence electrons. The van der Waals surface area contributed by atoms with Crippen LogP contribution in [-0.4, -0.2) is 58.1 Å². The number of aryl methyl sites for hydroxylation is 3. The predicted octanol–water partition coefficient (Wildman–Crippen LogP) is 7.39. The maximum atomic E-state index is 14.3. The second kappa shape index (κ2) is 19.0. The van der Waals surface area contributed by atoms with Crippen molar-refractivity contribution in [3.8, 4) is 16.9 Å². The number of benzene rings is 1. The number of methoxy groups -OCH3 is 1. The van der Waals surface area contributed by atoms with Crippen LogP contribution in [0.25, 0.3) is 11.1 Å². The van der Waals surface area contributed by atoms with Crippen LogP contribution in [0.4, 0.5) is 21.6 Å². The lowest BCUT2D eigenvalue weighted by atomic mass is 9.99. The summed E-state index contributed by atoms with van der Waals surface area (Å²) in [5, 5.41) is 16.4. The molecule has 0 atom stereocenters. The number of amides is 2. The molecule has 1 aliphatic rings. The van der Waals surface area contributed by atoms with Gasteiger partial charge in [0.1, 0.15) is 11.6 Å². The highest BCUT2D eigenvalue weighted by Gasteiger charge is 2.30. The number of pyridine rings is 2. The molecule has 0 aliphatic heterocycles. The second-order valence-electron chi connectivity index (χ2n) is 11.6. The molecule has 11 nitrogen and oxygen atoms in total. The quantitative estimate of drug-likeness (QED) is 0.140. The fourth-order valence-electron chi connectivity index (χ4n) is 4.93. The lowest BCUT2D eigenvalue weighted by Crippen LogP contribution is -2.22. The van der Waals surface area contributed by atoms with E-state index in [2.05, 4.69) is 61.8 Å². The number of nitrogens with one attached hydrogen (secondary N) is 3. The number of aromatic nitrogens is 4. The molecule has 1 aliphatic carbocycles. The van der Waals surface area contributed by atoms with Crippen LogP contribution in [0.2, 0.25) is 0 Å². The summed E-state index contributed by atoms with van der Waals surface area (Å²) in [6.45, 7) is 14.2. The van der Waals surface area contributed by atoms with Gasteiger partial charge in [-0.3, -0.25) is 19.6 Å². The fraction of sp³-hybridized carbons (Fsp3) is 0.368. The lowest BCUT2D eigenvalue weighted by Gasteiger charge is -2.19. The van der Waals surface area contributed by atoms with Crippen molar-refractivity contribution in [3.63, 3.8) is 0 Å². The Bertz CT molecular complexity index is 1780. The highest BCUT2D eigenvalue weighted by atomic mass is 19.1. The van der Waals surface area contributed by atoms with Gasteiger partial charge in [-0.1, -0.05) is 39.8 Å². The van der Waals surface area contributed by atoms with Crippen molar-refractivity contribution in [2.45, 2.75) is 66.8 Å². The van der Waals surface area contributed by atoms with Gasteiger partial charge in [0.2, 0.25) is 5.91 Å². The Morgan fingerprint density at radius 3 is 2.44 bits per heavy atom. The van der Waals surface area contributed by atoms with Crippen molar-refractivity contribution in [1.82, 2.24) is 30.4 Å².